The SMILES string of the molecule is O=C(c1ccc[nH]1)N1C[C@@H]2c3ccccc3OC[C@]2(CO)C1. The molecule has 1 aromatic heterocycles. The Morgan fingerprint density at radius 1 is 1.36 bits per heavy atom. The molecule has 4 rings (SSSR count). The standard InChI is InChI=1S/C17H18N2O3/c20-10-17-9-19(16(21)14-5-3-7-18-14)8-13(17)12-4-1-2-6-15(12)22-11-17/h1-7,13,18,20H,8-11H2/t13-,17-/m1/s1. The third kappa shape index (κ3) is 1.85. The maximum Gasteiger partial charge on any atom is 0.270 e. The predicted octanol–water partition coefficient (Wildman–Crippen LogP) is 1.63. The van der Waals surface area contributed by atoms with Crippen LogP contribution >= 0.6 is 0 Å². The summed E-state index contributed by atoms with van der Waals surface area (Å²) in [4.78, 5) is 17.4. The van der Waals surface area contributed by atoms with Gasteiger partial charge >= 0.3 is 0 Å². The molecule has 114 valence electrons. The van der Waals surface area contributed by atoms with E-state index in [4.69, 9.17) is 4.74 Å². The summed E-state index contributed by atoms with van der Waals surface area (Å²) in [7, 11) is 0. The molecule has 0 unspecified atom stereocenters. The lowest BCUT2D eigenvalue weighted by atomic mass is 9.74. The third-order valence-corrected chi connectivity index (χ3v) is 4.89. The molecular weight excluding hydrogens is 280 g/mol. The van der Waals surface area contributed by atoms with Crippen LogP contribution in [0.1, 0.15) is 22.0 Å². The van der Waals surface area contributed by atoms with E-state index in [0.717, 1.165) is 11.3 Å². The molecule has 2 aliphatic heterocycles. The summed E-state index contributed by atoms with van der Waals surface area (Å²) >= 11 is 0. The fourth-order valence-electron chi connectivity index (χ4n) is 3.66. The third-order valence-electron chi connectivity index (χ3n) is 4.89. The van der Waals surface area contributed by atoms with Crippen molar-refractivity contribution in [3.63, 3.8) is 0 Å². The van der Waals surface area contributed by atoms with E-state index >= 15 is 0 Å². The van der Waals surface area contributed by atoms with Gasteiger partial charge < -0.3 is 19.7 Å². The van der Waals surface area contributed by atoms with Crippen LogP contribution in [0.15, 0.2) is 42.6 Å². The second-order valence-corrected chi connectivity index (χ2v) is 6.17. The van der Waals surface area contributed by atoms with Crippen molar-refractivity contribution in [1.29, 1.82) is 0 Å². The fraction of sp³-hybridized carbons (Fsp3) is 0.353. The van der Waals surface area contributed by atoms with Crippen molar-refractivity contribution in [2.24, 2.45) is 5.41 Å². The zero-order chi connectivity index (χ0) is 15.2. The molecule has 0 aliphatic carbocycles. The topological polar surface area (TPSA) is 65.6 Å². The zero-order valence-electron chi connectivity index (χ0n) is 12.2. The monoisotopic (exact) mass is 298 g/mol. The number of rotatable bonds is 2. The van der Waals surface area contributed by atoms with Gasteiger partial charge in [-0.3, -0.25) is 4.79 Å². The average Bonchev–Trinajstić information content (AvgIpc) is 3.22. The first-order valence-electron chi connectivity index (χ1n) is 7.49. The molecule has 0 radical (unpaired) electrons. The van der Waals surface area contributed by atoms with Crippen LogP contribution in [-0.4, -0.2) is 47.2 Å². The van der Waals surface area contributed by atoms with Gasteiger partial charge in [0.15, 0.2) is 0 Å². The Kier molecular flexibility index (Phi) is 2.97. The van der Waals surface area contributed by atoms with Crippen LogP contribution in [0, 0.1) is 5.41 Å². The molecule has 2 aliphatic rings. The van der Waals surface area contributed by atoms with Crippen LogP contribution in [0.4, 0.5) is 0 Å². The van der Waals surface area contributed by atoms with E-state index in [1.54, 1.807) is 12.3 Å². The van der Waals surface area contributed by atoms with E-state index in [1.165, 1.54) is 0 Å². The number of aromatic amines is 1. The number of fused-ring (bicyclic) bond motifs is 3. The minimum Gasteiger partial charge on any atom is -0.493 e. The quantitative estimate of drug-likeness (QED) is 0.885. The number of H-pyrrole nitrogens is 1. The van der Waals surface area contributed by atoms with E-state index in [1.807, 2.05) is 35.2 Å². The van der Waals surface area contributed by atoms with Gasteiger partial charge in [-0.2, -0.15) is 0 Å². The van der Waals surface area contributed by atoms with E-state index in [9.17, 15) is 9.90 Å². The van der Waals surface area contributed by atoms with Gasteiger partial charge in [0.2, 0.25) is 0 Å². The highest BCUT2D eigenvalue weighted by Crippen LogP contribution is 2.49. The van der Waals surface area contributed by atoms with Crippen molar-refractivity contribution >= 4 is 5.91 Å². The average molecular weight is 298 g/mol. The van der Waals surface area contributed by atoms with Crippen molar-refractivity contribution in [2.75, 3.05) is 26.3 Å². The van der Waals surface area contributed by atoms with E-state index in [0.29, 0.717) is 25.4 Å². The van der Waals surface area contributed by atoms with E-state index in [2.05, 4.69) is 4.98 Å². The molecular formula is C17H18N2O3. The number of para-hydroxylation sites is 1. The number of amides is 1. The summed E-state index contributed by atoms with van der Waals surface area (Å²) in [6, 6.07) is 11.5. The van der Waals surface area contributed by atoms with E-state index < -0.39 is 5.41 Å². The van der Waals surface area contributed by atoms with Crippen molar-refractivity contribution in [3.8, 4) is 5.75 Å². The Labute approximate surface area is 128 Å². The summed E-state index contributed by atoms with van der Waals surface area (Å²) < 4.78 is 5.84. The Balaban J connectivity index is 1.69. The summed E-state index contributed by atoms with van der Waals surface area (Å²) in [5.41, 5.74) is 1.27. The lowest BCUT2D eigenvalue weighted by Gasteiger charge is -2.37. The van der Waals surface area contributed by atoms with Crippen LogP contribution in [-0.2, 0) is 0 Å². The van der Waals surface area contributed by atoms with Gasteiger partial charge in [0, 0.05) is 25.2 Å². The number of likely N-dealkylation sites (tertiary alicyclic amines) is 1. The molecule has 2 N–H and O–H groups in total. The van der Waals surface area contributed by atoms with Gasteiger partial charge in [0.1, 0.15) is 11.4 Å². The van der Waals surface area contributed by atoms with Gasteiger partial charge in [-0.05, 0) is 23.8 Å². The smallest absolute Gasteiger partial charge is 0.270 e. The molecule has 22 heavy (non-hydrogen) atoms. The molecule has 0 saturated carbocycles. The van der Waals surface area contributed by atoms with Crippen molar-refractivity contribution < 1.29 is 14.6 Å². The molecule has 1 aromatic carbocycles. The molecule has 5 heteroatoms. The maximum atomic E-state index is 12.6. The van der Waals surface area contributed by atoms with Crippen molar-refractivity contribution in [2.45, 2.75) is 5.92 Å². The normalized spacial score (nSPS) is 26.2. The molecule has 0 spiro atoms. The van der Waals surface area contributed by atoms with Gasteiger partial charge in [0.05, 0.1) is 18.6 Å². The van der Waals surface area contributed by atoms with Crippen LogP contribution < -0.4 is 4.74 Å². The number of nitrogens with zero attached hydrogens (tertiary/aromatic N) is 1. The molecule has 1 saturated heterocycles. The highest BCUT2D eigenvalue weighted by Gasteiger charge is 2.52. The molecule has 1 amide bonds. The summed E-state index contributed by atoms with van der Waals surface area (Å²) in [6.45, 7) is 1.58. The Morgan fingerprint density at radius 2 is 2.23 bits per heavy atom. The molecule has 3 heterocycles. The number of carbonyl (C=O) groups excluding carboxylic acids is 1. The highest BCUT2D eigenvalue weighted by molar-refractivity contribution is 5.92. The number of carbonyl (C=O) groups is 1. The Morgan fingerprint density at radius 3 is 3.00 bits per heavy atom. The zero-order valence-corrected chi connectivity index (χ0v) is 12.2. The summed E-state index contributed by atoms with van der Waals surface area (Å²) in [5, 5.41) is 9.98. The van der Waals surface area contributed by atoms with Gasteiger partial charge in [-0.1, -0.05) is 18.2 Å². The minimum absolute atomic E-state index is 0.0144. The summed E-state index contributed by atoms with van der Waals surface area (Å²) in [5.74, 6) is 0.955. The second kappa shape index (κ2) is 4.88. The van der Waals surface area contributed by atoms with Crippen LogP contribution in [0.3, 0.4) is 0 Å². The Bertz CT molecular complexity index is 698. The predicted molar refractivity (Wildman–Crippen MR) is 80.9 cm³/mol. The number of nitrogens with one attached hydrogen (secondary N) is 1. The van der Waals surface area contributed by atoms with Crippen LogP contribution in [0.2, 0.25) is 0 Å². The molecule has 2 atom stereocenters. The van der Waals surface area contributed by atoms with Crippen molar-refractivity contribution in [1.82, 2.24) is 9.88 Å². The lowest BCUT2D eigenvalue weighted by Crippen LogP contribution is -2.42. The summed E-state index contributed by atoms with van der Waals surface area (Å²) in [6.07, 6.45) is 1.75. The number of aromatic nitrogens is 1. The van der Waals surface area contributed by atoms with Crippen LogP contribution in [0.25, 0.3) is 0 Å². The number of hydrogen-bond acceptors (Lipinski definition) is 3. The second-order valence-electron chi connectivity index (χ2n) is 6.17. The molecule has 1 fully saturated rings. The van der Waals surface area contributed by atoms with Crippen LogP contribution in [0.5, 0.6) is 5.75 Å². The number of hydrogen-bond donors (Lipinski definition) is 2. The van der Waals surface area contributed by atoms with Crippen molar-refractivity contribution in [3.05, 3.63) is 53.9 Å². The number of benzene rings is 1. The number of ether oxygens (including phenoxy) is 1. The largest absolute Gasteiger partial charge is 0.493 e. The minimum atomic E-state index is -0.406. The van der Waals surface area contributed by atoms with Gasteiger partial charge in [-0.15, -0.1) is 0 Å². The molecule has 0 bridgehead atoms. The lowest BCUT2D eigenvalue weighted by molar-refractivity contribution is 0.0439. The molecule has 5 nitrogen and oxygen atoms in total. The number of aliphatic hydroxyl groups is 1. The first-order valence-corrected chi connectivity index (χ1v) is 7.49. The number of aliphatic hydroxyl groups excluding tert-OH is 1. The highest BCUT2D eigenvalue weighted by atomic mass is 16.5. The first kappa shape index (κ1) is 13.4. The van der Waals surface area contributed by atoms with Gasteiger partial charge in [-0.25, -0.2) is 0 Å². The maximum absolute atomic E-state index is 12.6. The van der Waals surface area contributed by atoms with E-state index in [-0.39, 0.29) is 18.4 Å². The molecule has 2 aromatic rings. The fourth-order valence-corrected chi connectivity index (χ4v) is 3.66. The first-order chi connectivity index (χ1) is 10.7. The Hall–Kier alpha value is -2.27. The van der Waals surface area contributed by atoms with Gasteiger partial charge in [0.25, 0.3) is 5.91 Å².